The number of fused-ring (bicyclic) bond motifs is 1. The minimum absolute atomic E-state index is 0.0932. The number of aromatic nitrogens is 2. The Morgan fingerprint density at radius 1 is 1.58 bits per heavy atom. The van der Waals surface area contributed by atoms with Crippen LogP contribution in [0, 0.1) is 11.8 Å². The smallest absolute Gasteiger partial charge is 0.223 e. The molecule has 1 aliphatic rings. The molecule has 0 aliphatic heterocycles. The van der Waals surface area contributed by atoms with Gasteiger partial charge in [0, 0.05) is 12.1 Å². The van der Waals surface area contributed by atoms with Crippen LogP contribution in [0.4, 0.5) is 0 Å². The maximum atomic E-state index is 11.9. The van der Waals surface area contributed by atoms with E-state index >= 15 is 0 Å². The third kappa shape index (κ3) is 2.45. The second-order valence-electron chi connectivity index (χ2n) is 5.12. The van der Waals surface area contributed by atoms with Crippen molar-refractivity contribution in [2.75, 3.05) is 0 Å². The van der Waals surface area contributed by atoms with Crippen LogP contribution in [-0.2, 0) is 11.3 Å². The van der Waals surface area contributed by atoms with Crippen LogP contribution < -0.4 is 5.32 Å². The zero-order valence-electron chi connectivity index (χ0n) is 10.8. The Balaban J connectivity index is 1.71. The zero-order chi connectivity index (χ0) is 13.4. The van der Waals surface area contributed by atoms with Crippen LogP contribution >= 0.6 is 11.6 Å². The first-order valence-corrected chi connectivity index (χ1v) is 6.94. The van der Waals surface area contributed by atoms with Gasteiger partial charge in [0.15, 0.2) is 0 Å². The number of nitrogens with one attached hydrogen (secondary N) is 1. The molecule has 2 aromatic heterocycles. The van der Waals surface area contributed by atoms with E-state index in [1.54, 1.807) is 0 Å². The molecule has 19 heavy (non-hydrogen) atoms. The largest absolute Gasteiger partial charge is 0.350 e. The fourth-order valence-corrected chi connectivity index (χ4v) is 2.52. The predicted octanol–water partition coefficient (Wildman–Crippen LogP) is 2.65. The topological polar surface area (TPSA) is 46.4 Å². The molecule has 1 atom stereocenters. The molecular formula is C14H16ClN3O. The molecule has 3 rings (SSSR count). The highest BCUT2D eigenvalue weighted by Crippen LogP contribution is 2.36. The number of hydrogen-bond donors (Lipinski definition) is 1. The molecular weight excluding hydrogens is 262 g/mol. The van der Waals surface area contributed by atoms with Crippen molar-refractivity contribution in [3.8, 4) is 0 Å². The lowest BCUT2D eigenvalue weighted by molar-refractivity contribution is -0.125. The Morgan fingerprint density at radius 3 is 3.05 bits per heavy atom. The summed E-state index contributed by atoms with van der Waals surface area (Å²) in [5, 5.41) is 3.49. The Hall–Kier alpha value is -1.55. The van der Waals surface area contributed by atoms with Crippen molar-refractivity contribution in [2.45, 2.75) is 26.3 Å². The molecule has 0 spiro atoms. The number of imidazole rings is 1. The first kappa shape index (κ1) is 12.5. The number of carbonyl (C=O) groups is 1. The molecule has 1 saturated carbocycles. The van der Waals surface area contributed by atoms with Gasteiger partial charge in [-0.3, -0.25) is 9.20 Å². The number of hydrogen-bond acceptors (Lipinski definition) is 2. The zero-order valence-corrected chi connectivity index (χ0v) is 11.5. The minimum Gasteiger partial charge on any atom is -0.350 e. The summed E-state index contributed by atoms with van der Waals surface area (Å²) >= 11 is 6.24. The number of halogens is 1. The van der Waals surface area contributed by atoms with Gasteiger partial charge in [0.1, 0.15) is 10.8 Å². The summed E-state index contributed by atoms with van der Waals surface area (Å²) < 4.78 is 1.81. The molecule has 1 amide bonds. The predicted molar refractivity (Wildman–Crippen MR) is 73.9 cm³/mol. The molecule has 1 unspecified atom stereocenters. The number of pyridine rings is 1. The van der Waals surface area contributed by atoms with Crippen molar-refractivity contribution in [3.63, 3.8) is 0 Å². The maximum absolute atomic E-state index is 11.9. The quantitative estimate of drug-likeness (QED) is 0.934. The Bertz CT molecular complexity index is 618. The Labute approximate surface area is 116 Å². The average molecular weight is 278 g/mol. The SMILES string of the molecule is CC(C(=O)NCc1nc2ccccn2c1Cl)C1CC1. The van der Waals surface area contributed by atoms with Crippen LogP contribution in [0.3, 0.4) is 0 Å². The fraction of sp³-hybridized carbons (Fsp3) is 0.429. The lowest BCUT2D eigenvalue weighted by Gasteiger charge is -2.09. The van der Waals surface area contributed by atoms with E-state index in [0.29, 0.717) is 23.3 Å². The van der Waals surface area contributed by atoms with Crippen molar-refractivity contribution in [1.82, 2.24) is 14.7 Å². The van der Waals surface area contributed by atoms with Gasteiger partial charge in [0.05, 0.1) is 12.2 Å². The molecule has 5 heteroatoms. The van der Waals surface area contributed by atoms with Crippen LogP contribution in [0.15, 0.2) is 24.4 Å². The van der Waals surface area contributed by atoms with E-state index in [-0.39, 0.29) is 11.8 Å². The van der Waals surface area contributed by atoms with Gasteiger partial charge in [-0.05, 0) is 30.9 Å². The van der Waals surface area contributed by atoms with Crippen LogP contribution in [0.2, 0.25) is 5.15 Å². The molecule has 1 fully saturated rings. The van der Waals surface area contributed by atoms with E-state index in [0.717, 1.165) is 5.65 Å². The third-order valence-electron chi connectivity index (χ3n) is 3.71. The first-order chi connectivity index (χ1) is 9.16. The number of amides is 1. The van der Waals surface area contributed by atoms with Gasteiger partial charge >= 0.3 is 0 Å². The van der Waals surface area contributed by atoms with E-state index in [4.69, 9.17) is 11.6 Å². The summed E-state index contributed by atoms with van der Waals surface area (Å²) in [7, 11) is 0. The number of rotatable bonds is 4. The molecule has 4 nitrogen and oxygen atoms in total. The standard InChI is InChI=1S/C14H16ClN3O/c1-9(10-5-6-10)14(19)16-8-11-13(15)18-7-3-2-4-12(18)17-11/h2-4,7,9-10H,5-6,8H2,1H3,(H,16,19). The third-order valence-corrected chi connectivity index (χ3v) is 4.11. The molecule has 1 N–H and O–H groups in total. The van der Waals surface area contributed by atoms with Crippen LogP contribution in [0.1, 0.15) is 25.5 Å². The molecule has 0 saturated heterocycles. The Kier molecular flexibility index (Phi) is 3.19. The van der Waals surface area contributed by atoms with Crippen molar-refractivity contribution < 1.29 is 4.79 Å². The lowest BCUT2D eigenvalue weighted by Crippen LogP contribution is -2.29. The molecule has 1 aliphatic carbocycles. The van der Waals surface area contributed by atoms with Gasteiger partial charge in [-0.1, -0.05) is 24.6 Å². The van der Waals surface area contributed by atoms with Crippen LogP contribution in [0.5, 0.6) is 0 Å². The van der Waals surface area contributed by atoms with E-state index in [9.17, 15) is 4.79 Å². The monoisotopic (exact) mass is 277 g/mol. The summed E-state index contributed by atoms with van der Waals surface area (Å²) in [6, 6.07) is 5.71. The minimum atomic E-state index is 0.0932. The highest BCUT2D eigenvalue weighted by Gasteiger charge is 2.32. The highest BCUT2D eigenvalue weighted by molar-refractivity contribution is 6.30. The van der Waals surface area contributed by atoms with E-state index in [2.05, 4.69) is 10.3 Å². The maximum Gasteiger partial charge on any atom is 0.223 e. The average Bonchev–Trinajstić information content (AvgIpc) is 3.22. The molecule has 0 aromatic carbocycles. The van der Waals surface area contributed by atoms with Gasteiger partial charge in [-0.25, -0.2) is 4.98 Å². The molecule has 100 valence electrons. The highest BCUT2D eigenvalue weighted by atomic mass is 35.5. The number of carbonyl (C=O) groups excluding carboxylic acids is 1. The molecule has 0 bridgehead atoms. The van der Waals surface area contributed by atoms with Crippen molar-refractivity contribution in [3.05, 3.63) is 35.2 Å². The summed E-state index contributed by atoms with van der Waals surface area (Å²) in [4.78, 5) is 16.4. The van der Waals surface area contributed by atoms with Gasteiger partial charge < -0.3 is 5.32 Å². The summed E-state index contributed by atoms with van der Waals surface area (Å²) in [6.45, 7) is 2.37. The van der Waals surface area contributed by atoms with Crippen LogP contribution in [-0.4, -0.2) is 15.3 Å². The van der Waals surface area contributed by atoms with Gasteiger partial charge in [0.25, 0.3) is 0 Å². The molecule has 2 heterocycles. The van der Waals surface area contributed by atoms with Crippen molar-refractivity contribution in [1.29, 1.82) is 0 Å². The van der Waals surface area contributed by atoms with E-state index < -0.39 is 0 Å². The molecule has 0 radical (unpaired) electrons. The fourth-order valence-electron chi connectivity index (χ4n) is 2.27. The van der Waals surface area contributed by atoms with Crippen LogP contribution in [0.25, 0.3) is 5.65 Å². The summed E-state index contributed by atoms with van der Waals surface area (Å²) in [6.07, 6.45) is 4.20. The summed E-state index contributed by atoms with van der Waals surface area (Å²) in [5.74, 6) is 0.753. The molecule has 2 aromatic rings. The van der Waals surface area contributed by atoms with Gasteiger partial charge in [0.2, 0.25) is 5.91 Å². The normalized spacial score (nSPS) is 16.5. The Morgan fingerprint density at radius 2 is 2.37 bits per heavy atom. The van der Waals surface area contributed by atoms with Gasteiger partial charge in [-0.2, -0.15) is 0 Å². The second kappa shape index (κ2) is 4.85. The first-order valence-electron chi connectivity index (χ1n) is 6.56. The lowest BCUT2D eigenvalue weighted by atomic mass is 10.1. The van der Waals surface area contributed by atoms with Gasteiger partial charge in [-0.15, -0.1) is 0 Å². The van der Waals surface area contributed by atoms with Crippen molar-refractivity contribution >= 4 is 23.2 Å². The second-order valence-corrected chi connectivity index (χ2v) is 5.48. The number of nitrogens with zero attached hydrogens (tertiary/aromatic N) is 2. The van der Waals surface area contributed by atoms with Crippen molar-refractivity contribution in [2.24, 2.45) is 11.8 Å². The van der Waals surface area contributed by atoms with E-state index in [1.165, 1.54) is 12.8 Å². The summed E-state index contributed by atoms with van der Waals surface area (Å²) in [5.41, 5.74) is 1.51. The van der Waals surface area contributed by atoms with E-state index in [1.807, 2.05) is 35.7 Å².